The van der Waals surface area contributed by atoms with Gasteiger partial charge < -0.3 is 40.0 Å². The minimum absolute atomic E-state index is 0. The van der Waals surface area contributed by atoms with Gasteiger partial charge in [0.25, 0.3) is 0 Å². The maximum atomic E-state index is 10.0. The number of hydrogen-bond acceptors (Lipinski definition) is 8. The van der Waals surface area contributed by atoms with Gasteiger partial charge in [-0.25, -0.2) is 9.13 Å². The van der Waals surface area contributed by atoms with E-state index in [0.717, 1.165) is 0 Å². The third-order valence-electron chi connectivity index (χ3n) is 1.39. The molecule has 0 saturated heterocycles. The molecule has 0 aromatic heterocycles. The van der Waals surface area contributed by atoms with Crippen molar-refractivity contribution in [2.24, 2.45) is 0 Å². The van der Waals surface area contributed by atoms with Crippen LogP contribution in [-0.2, 0) is 52.3 Å². The van der Waals surface area contributed by atoms with Gasteiger partial charge in [0.2, 0.25) is 0 Å². The molecule has 0 fully saturated rings. The van der Waals surface area contributed by atoms with Crippen molar-refractivity contribution in [2.45, 2.75) is 12.2 Å². The van der Waals surface area contributed by atoms with Crippen LogP contribution >= 0.6 is 15.6 Å². The van der Waals surface area contributed by atoms with Crippen LogP contribution in [0.4, 0.5) is 0 Å². The summed E-state index contributed by atoms with van der Waals surface area (Å²) >= 11 is 0. The van der Waals surface area contributed by atoms with Gasteiger partial charge >= 0.3 is 15.6 Å². The number of hydrogen-bond donors (Lipinski definition) is 8. The molecule has 146 valence electrons. The minimum Gasteiger partial charge on any atom is -0.394 e. The van der Waals surface area contributed by atoms with Crippen LogP contribution in [0.15, 0.2) is 0 Å². The summed E-state index contributed by atoms with van der Waals surface area (Å²) in [4.78, 5) is 32.5. The fourth-order valence-electron chi connectivity index (χ4n) is 0.637. The summed E-state index contributed by atoms with van der Waals surface area (Å²) in [6, 6.07) is 0. The second kappa shape index (κ2) is 15.6. The van der Waals surface area contributed by atoms with E-state index in [1.54, 1.807) is 0 Å². The average molecular weight is 471 g/mol. The van der Waals surface area contributed by atoms with Crippen molar-refractivity contribution in [1.82, 2.24) is 0 Å². The van der Waals surface area contributed by atoms with Crippen LogP contribution in [0.25, 0.3) is 0 Å². The first kappa shape index (κ1) is 30.9. The molecule has 0 atom stereocenters. The Bertz CT molecular complexity index is 292. The summed E-state index contributed by atoms with van der Waals surface area (Å²) in [5.74, 6) is 0. The van der Waals surface area contributed by atoms with Crippen molar-refractivity contribution < 1.29 is 92.3 Å². The van der Waals surface area contributed by atoms with E-state index in [4.69, 9.17) is 40.0 Å². The standard InChI is InChI=1S/2C3H9O6P.2Cu/c2*4-1-3(2-5)9-10(6,7)8;;/h2*3-5H,1-2H2,(H2,6,7,8);;. The third-order valence-corrected chi connectivity index (χ3v) is 2.53. The van der Waals surface area contributed by atoms with Crippen LogP contribution in [0.3, 0.4) is 0 Å². The zero-order valence-electron chi connectivity index (χ0n) is 10.7. The van der Waals surface area contributed by atoms with E-state index in [9.17, 15) is 9.13 Å². The first-order valence-electron chi connectivity index (χ1n) is 4.90. The normalized spacial score (nSPS) is 11.4. The smallest absolute Gasteiger partial charge is 0.394 e. The Hall–Kier alpha value is 1.10. The zero-order valence-corrected chi connectivity index (χ0v) is 14.4. The van der Waals surface area contributed by atoms with Gasteiger partial charge in [-0.2, -0.15) is 0 Å². The van der Waals surface area contributed by atoms with E-state index in [1.807, 2.05) is 0 Å². The van der Waals surface area contributed by atoms with Crippen LogP contribution < -0.4 is 0 Å². The number of aliphatic hydroxyl groups excluding tert-OH is 4. The summed E-state index contributed by atoms with van der Waals surface area (Å²) in [6.07, 6.45) is -2.42. The summed E-state index contributed by atoms with van der Waals surface area (Å²) in [6.45, 7) is -2.49. The Labute approximate surface area is 146 Å². The van der Waals surface area contributed by atoms with Crippen LogP contribution in [0.2, 0.25) is 0 Å². The molecule has 0 aliphatic heterocycles. The Balaban J connectivity index is -0.000000135. The maximum Gasteiger partial charge on any atom is 0.470 e. The van der Waals surface area contributed by atoms with Crippen LogP contribution in [0.5, 0.6) is 0 Å². The van der Waals surface area contributed by atoms with Crippen LogP contribution in [0.1, 0.15) is 0 Å². The van der Waals surface area contributed by atoms with Gasteiger partial charge in [0, 0.05) is 34.1 Å². The molecule has 0 amide bonds. The van der Waals surface area contributed by atoms with Crippen molar-refractivity contribution in [3.05, 3.63) is 0 Å². The van der Waals surface area contributed by atoms with Crippen molar-refractivity contribution in [3.8, 4) is 0 Å². The number of aliphatic hydroxyl groups is 4. The van der Waals surface area contributed by atoms with E-state index in [0.29, 0.717) is 0 Å². The SMILES string of the molecule is O=P(O)(O)OC(CO)CO.O=P(O)(O)OC(CO)CO.[Cu].[Cu]. The fourth-order valence-corrected chi connectivity index (χ4v) is 1.68. The van der Waals surface area contributed by atoms with Crippen LogP contribution in [-0.4, -0.2) is 78.6 Å². The van der Waals surface area contributed by atoms with E-state index in [1.165, 1.54) is 0 Å². The van der Waals surface area contributed by atoms with Crippen LogP contribution in [0, 0.1) is 0 Å². The summed E-state index contributed by atoms with van der Waals surface area (Å²) in [5, 5.41) is 33.0. The number of rotatable bonds is 8. The van der Waals surface area contributed by atoms with Gasteiger partial charge in [-0.3, -0.25) is 9.05 Å². The molecular formula is C6H18Cu2O12P2. The Morgan fingerprint density at radius 3 is 0.864 bits per heavy atom. The Morgan fingerprint density at radius 1 is 0.636 bits per heavy atom. The van der Waals surface area contributed by atoms with E-state index in [-0.39, 0.29) is 34.1 Å². The van der Waals surface area contributed by atoms with Gasteiger partial charge in [-0.1, -0.05) is 0 Å². The Morgan fingerprint density at radius 2 is 0.818 bits per heavy atom. The number of phosphoric acid groups is 2. The van der Waals surface area contributed by atoms with Gasteiger partial charge in [-0.05, 0) is 0 Å². The molecule has 22 heavy (non-hydrogen) atoms. The molecule has 0 aliphatic carbocycles. The molecule has 2 radical (unpaired) electrons. The molecule has 0 rings (SSSR count). The number of phosphoric ester groups is 2. The topological polar surface area (TPSA) is 214 Å². The average Bonchev–Trinajstić information content (AvgIpc) is 2.31. The third kappa shape index (κ3) is 23.4. The van der Waals surface area contributed by atoms with Gasteiger partial charge in [0.1, 0.15) is 12.2 Å². The van der Waals surface area contributed by atoms with E-state index < -0.39 is 54.3 Å². The molecule has 0 aromatic carbocycles. The summed E-state index contributed by atoms with van der Waals surface area (Å²) in [5.41, 5.74) is 0. The molecule has 8 N–H and O–H groups in total. The van der Waals surface area contributed by atoms with Gasteiger partial charge in [-0.15, -0.1) is 0 Å². The van der Waals surface area contributed by atoms with Crippen molar-refractivity contribution >= 4 is 15.6 Å². The van der Waals surface area contributed by atoms with E-state index in [2.05, 4.69) is 9.05 Å². The largest absolute Gasteiger partial charge is 0.470 e. The first-order valence-corrected chi connectivity index (χ1v) is 7.96. The quantitative estimate of drug-likeness (QED) is 0.131. The molecule has 0 heterocycles. The predicted molar refractivity (Wildman–Crippen MR) is 62.2 cm³/mol. The molecule has 16 heteroatoms. The molecule has 0 aliphatic rings. The van der Waals surface area contributed by atoms with E-state index >= 15 is 0 Å². The second-order valence-electron chi connectivity index (χ2n) is 3.17. The van der Waals surface area contributed by atoms with Crippen molar-refractivity contribution in [2.75, 3.05) is 26.4 Å². The molecule has 0 unspecified atom stereocenters. The Kier molecular flexibility index (Phi) is 22.0. The molecule has 0 bridgehead atoms. The zero-order chi connectivity index (χ0) is 16.4. The predicted octanol–water partition coefficient (Wildman–Crippen LogP) is -3.11. The minimum atomic E-state index is -4.57. The molecule has 0 spiro atoms. The fraction of sp³-hybridized carbons (Fsp3) is 1.00. The second-order valence-corrected chi connectivity index (χ2v) is 5.55. The summed E-state index contributed by atoms with van der Waals surface area (Å²) < 4.78 is 27.8. The molecule has 0 saturated carbocycles. The maximum absolute atomic E-state index is 10.0. The van der Waals surface area contributed by atoms with Gasteiger partial charge in [0.15, 0.2) is 0 Å². The van der Waals surface area contributed by atoms with Crippen molar-refractivity contribution in [1.29, 1.82) is 0 Å². The van der Waals surface area contributed by atoms with Gasteiger partial charge in [0.05, 0.1) is 26.4 Å². The monoisotopic (exact) mass is 470 g/mol. The summed E-state index contributed by atoms with van der Waals surface area (Å²) in [7, 11) is -9.15. The molecule has 12 nitrogen and oxygen atoms in total. The molecular weight excluding hydrogens is 453 g/mol. The van der Waals surface area contributed by atoms with Crippen molar-refractivity contribution in [3.63, 3.8) is 0 Å². The first-order chi connectivity index (χ1) is 8.99. The molecule has 0 aromatic rings.